The van der Waals surface area contributed by atoms with Crippen molar-refractivity contribution in [2.75, 3.05) is 13.7 Å². The zero-order valence-electron chi connectivity index (χ0n) is 13.4. The number of esters is 1. The molecule has 0 heterocycles. The predicted octanol–water partition coefficient (Wildman–Crippen LogP) is 4.98. The molecule has 0 aliphatic heterocycles. The lowest BCUT2D eigenvalue weighted by Crippen LogP contribution is -2.09. The van der Waals surface area contributed by atoms with Crippen molar-refractivity contribution in [1.29, 1.82) is 0 Å². The molecule has 0 saturated heterocycles. The zero-order valence-corrected chi connectivity index (χ0v) is 13.4. The van der Waals surface area contributed by atoms with Gasteiger partial charge in [-0.25, -0.2) is 4.79 Å². The van der Waals surface area contributed by atoms with E-state index in [2.05, 4.69) is 6.92 Å². The topological polar surface area (TPSA) is 35.5 Å². The summed E-state index contributed by atoms with van der Waals surface area (Å²) >= 11 is 0. The van der Waals surface area contributed by atoms with Crippen LogP contribution in [0.25, 0.3) is 10.8 Å². The highest BCUT2D eigenvalue weighted by molar-refractivity contribution is 6.07. The van der Waals surface area contributed by atoms with Gasteiger partial charge in [0, 0.05) is 0 Å². The Balaban J connectivity index is 2.06. The number of benzene rings is 2. The fourth-order valence-corrected chi connectivity index (χ4v) is 2.57. The molecule has 0 N–H and O–H groups in total. The van der Waals surface area contributed by atoms with Crippen LogP contribution in [0.4, 0.5) is 0 Å². The van der Waals surface area contributed by atoms with Crippen LogP contribution in [-0.4, -0.2) is 19.7 Å². The standard InChI is InChI=1S/C19H24O3/c1-3-4-5-6-9-14-22-19(20)18-16-11-8-7-10-15(16)12-13-17(18)21-2/h7-8,10-13H,3-6,9,14H2,1-2H3. The highest BCUT2D eigenvalue weighted by Crippen LogP contribution is 2.28. The summed E-state index contributed by atoms with van der Waals surface area (Å²) < 4.78 is 10.8. The second kappa shape index (κ2) is 8.42. The Morgan fingerprint density at radius 2 is 1.77 bits per heavy atom. The van der Waals surface area contributed by atoms with Gasteiger partial charge in [0.1, 0.15) is 11.3 Å². The van der Waals surface area contributed by atoms with Crippen LogP contribution >= 0.6 is 0 Å². The van der Waals surface area contributed by atoms with Crippen molar-refractivity contribution < 1.29 is 14.3 Å². The minimum atomic E-state index is -0.302. The third-order valence-corrected chi connectivity index (χ3v) is 3.80. The molecule has 0 atom stereocenters. The largest absolute Gasteiger partial charge is 0.496 e. The number of hydrogen-bond donors (Lipinski definition) is 0. The van der Waals surface area contributed by atoms with E-state index in [0.29, 0.717) is 17.9 Å². The first kappa shape index (κ1) is 16.3. The molecule has 3 nitrogen and oxygen atoms in total. The van der Waals surface area contributed by atoms with Gasteiger partial charge in [-0.05, 0) is 23.3 Å². The van der Waals surface area contributed by atoms with Gasteiger partial charge in [0.25, 0.3) is 0 Å². The van der Waals surface area contributed by atoms with Crippen molar-refractivity contribution >= 4 is 16.7 Å². The highest BCUT2D eigenvalue weighted by atomic mass is 16.5. The molecule has 0 amide bonds. The van der Waals surface area contributed by atoms with Crippen LogP contribution in [0, 0.1) is 0 Å². The first-order chi connectivity index (χ1) is 10.8. The van der Waals surface area contributed by atoms with E-state index in [0.717, 1.165) is 23.6 Å². The molecule has 0 aromatic heterocycles. The molecular weight excluding hydrogens is 276 g/mol. The van der Waals surface area contributed by atoms with Gasteiger partial charge in [0.15, 0.2) is 0 Å². The molecule has 0 unspecified atom stereocenters. The van der Waals surface area contributed by atoms with Gasteiger partial charge >= 0.3 is 5.97 Å². The maximum Gasteiger partial charge on any atom is 0.342 e. The number of methoxy groups -OCH3 is 1. The Bertz CT molecular complexity index is 619. The maximum absolute atomic E-state index is 12.4. The number of hydrogen-bond acceptors (Lipinski definition) is 3. The molecule has 3 heteroatoms. The summed E-state index contributed by atoms with van der Waals surface area (Å²) in [5, 5.41) is 1.89. The minimum Gasteiger partial charge on any atom is -0.496 e. The quantitative estimate of drug-likeness (QED) is 0.509. The third kappa shape index (κ3) is 4.00. The molecule has 2 rings (SSSR count). The summed E-state index contributed by atoms with van der Waals surface area (Å²) in [6, 6.07) is 11.6. The van der Waals surface area contributed by atoms with Crippen molar-refractivity contribution in [3.63, 3.8) is 0 Å². The van der Waals surface area contributed by atoms with Crippen molar-refractivity contribution in [3.8, 4) is 5.75 Å². The van der Waals surface area contributed by atoms with E-state index in [1.165, 1.54) is 19.3 Å². The van der Waals surface area contributed by atoms with Gasteiger partial charge in [0.2, 0.25) is 0 Å². The Morgan fingerprint density at radius 3 is 2.55 bits per heavy atom. The molecule has 118 valence electrons. The molecule has 2 aromatic carbocycles. The molecule has 0 aliphatic carbocycles. The maximum atomic E-state index is 12.4. The normalized spacial score (nSPS) is 10.6. The average Bonchev–Trinajstić information content (AvgIpc) is 2.56. The summed E-state index contributed by atoms with van der Waals surface area (Å²) in [4.78, 5) is 12.4. The lowest BCUT2D eigenvalue weighted by molar-refractivity contribution is 0.0496. The number of ether oxygens (including phenoxy) is 2. The smallest absolute Gasteiger partial charge is 0.342 e. The monoisotopic (exact) mass is 300 g/mol. The van der Waals surface area contributed by atoms with Crippen LogP contribution in [0.15, 0.2) is 36.4 Å². The molecule has 0 bridgehead atoms. The lowest BCUT2D eigenvalue weighted by atomic mass is 10.0. The molecule has 0 aliphatic rings. The second-order valence-electron chi connectivity index (χ2n) is 5.41. The zero-order chi connectivity index (χ0) is 15.8. The Kier molecular flexibility index (Phi) is 6.26. The molecule has 0 saturated carbocycles. The first-order valence-corrected chi connectivity index (χ1v) is 8.00. The Hall–Kier alpha value is -2.03. The van der Waals surface area contributed by atoms with E-state index in [1.807, 2.05) is 36.4 Å². The van der Waals surface area contributed by atoms with Gasteiger partial charge < -0.3 is 9.47 Å². The van der Waals surface area contributed by atoms with E-state index in [1.54, 1.807) is 7.11 Å². The number of unbranched alkanes of at least 4 members (excludes halogenated alkanes) is 4. The fourth-order valence-electron chi connectivity index (χ4n) is 2.57. The summed E-state index contributed by atoms with van der Waals surface area (Å²) in [5.41, 5.74) is 0.522. The predicted molar refractivity (Wildman–Crippen MR) is 89.5 cm³/mol. The van der Waals surface area contributed by atoms with Crippen LogP contribution in [-0.2, 0) is 4.74 Å². The summed E-state index contributed by atoms with van der Waals surface area (Å²) in [6.07, 6.45) is 5.68. The van der Waals surface area contributed by atoms with E-state index in [4.69, 9.17) is 9.47 Å². The summed E-state index contributed by atoms with van der Waals surface area (Å²) in [7, 11) is 1.58. The van der Waals surface area contributed by atoms with Crippen LogP contribution in [0.1, 0.15) is 49.4 Å². The lowest BCUT2D eigenvalue weighted by Gasteiger charge is -2.11. The van der Waals surface area contributed by atoms with Crippen molar-refractivity contribution in [3.05, 3.63) is 42.0 Å². The molecule has 0 fully saturated rings. The summed E-state index contributed by atoms with van der Waals surface area (Å²) in [5.74, 6) is 0.263. The first-order valence-electron chi connectivity index (χ1n) is 8.00. The number of carbonyl (C=O) groups excluding carboxylic acids is 1. The van der Waals surface area contributed by atoms with Gasteiger partial charge in [0.05, 0.1) is 13.7 Å². The van der Waals surface area contributed by atoms with Crippen LogP contribution in [0.2, 0.25) is 0 Å². The van der Waals surface area contributed by atoms with Crippen LogP contribution in [0.5, 0.6) is 5.75 Å². The van der Waals surface area contributed by atoms with Gasteiger partial charge in [-0.15, -0.1) is 0 Å². The molecule has 0 spiro atoms. The second-order valence-corrected chi connectivity index (χ2v) is 5.41. The fraction of sp³-hybridized carbons (Fsp3) is 0.421. The SMILES string of the molecule is CCCCCCCOC(=O)c1c(OC)ccc2ccccc12. The number of carbonyl (C=O) groups is 1. The molecule has 2 aromatic rings. The van der Waals surface area contributed by atoms with Gasteiger partial charge in [-0.1, -0.05) is 62.9 Å². The molecular formula is C19H24O3. The molecule has 22 heavy (non-hydrogen) atoms. The van der Waals surface area contributed by atoms with E-state index in [-0.39, 0.29) is 5.97 Å². The number of fused-ring (bicyclic) bond motifs is 1. The van der Waals surface area contributed by atoms with E-state index in [9.17, 15) is 4.79 Å². The number of rotatable bonds is 8. The highest BCUT2D eigenvalue weighted by Gasteiger charge is 2.17. The van der Waals surface area contributed by atoms with Crippen LogP contribution in [0.3, 0.4) is 0 Å². The van der Waals surface area contributed by atoms with Crippen molar-refractivity contribution in [1.82, 2.24) is 0 Å². The van der Waals surface area contributed by atoms with Gasteiger partial charge in [-0.2, -0.15) is 0 Å². The van der Waals surface area contributed by atoms with E-state index >= 15 is 0 Å². The molecule has 0 radical (unpaired) electrons. The minimum absolute atomic E-state index is 0.302. The van der Waals surface area contributed by atoms with Crippen molar-refractivity contribution in [2.45, 2.75) is 39.0 Å². The van der Waals surface area contributed by atoms with Gasteiger partial charge in [-0.3, -0.25) is 0 Å². The van der Waals surface area contributed by atoms with Crippen molar-refractivity contribution in [2.24, 2.45) is 0 Å². The third-order valence-electron chi connectivity index (χ3n) is 3.80. The van der Waals surface area contributed by atoms with Crippen LogP contribution < -0.4 is 4.74 Å². The Labute approximate surface area is 132 Å². The average molecular weight is 300 g/mol. The Morgan fingerprint density at radius 1 is 1.00 bits per heavy atom. The summed E-state index contributed by atoms with van der Waals surface area (Å²) in [6.45, 7) is 2.65. The van der Waals surface area contributed by atoms with E-state index < -0.39 is 0 Å².